The van der Waals surface area contributed by atoms with Gasteiger partial charge in [0.1, 0.15) is 48.0 Å². The Morgan fingerprint density at radius 2 is 1.15 bits per heavy atom. The molecule has 0 aliphatic carbocycles. The van der Waals surface area contributed by atoms with Crippen LogP contribution < -0.4 is 59.7 Å². The van der Waals surface area contributed by atoms with Crippen LogP contribution in [-0.2, 0) is 64.0 Å². The number of amides is 9. The predicted octanol–water partition coefficient (Wildman–Crippen LogP) is 0.440. The van der Waals surface area contributed by atoms with Crippen molar-refractivity contribution in [2.24, 2.45) is 17.2 Å². The second kappa shape index (κ2) is 31.8. The van der Waals surface area contributed by atoms with Gasteiger partial charge >= 0.3 is 0 Å². The second-order valence-electron chi connectivity index (χ2n) is 19.1. The van der Waals surface area contributed by atoms with E-state index in [1.807, 2.05) is 0 Å². The van der Waals surface area contributed by atoms with Crippen LogP contribution in [0.1, 0.15) is 58.8 Å². The van der Waals surface area contributed by atoms with Crippen LogP contribution in [0.5, 0.6) is 5.75 Å². The second-order valence-corrected chi connectivity index (χ2v) is 22.5. The number of phenolic OH excluding ortho intramolecular Hbond substituents is 1. The smallest absolute Gasteiger partial charge is 0.248 e. The van der Waals surface area contributed by atoms with Crippen molar-refractivity contribution >= 4 is 98.0 Å². The standard InChI is InChI=1S/C54H67Cl2N11O11S2/c1-29(68)45-54(78)66-44(52(76)62-40(47(59)71)24-33-12-20-37(69)21-13-33)28-80-79-27-43(65-48(72)38(57)23-30-8-16-35(55)17-9-30)53(77)64-42(26-32-10-18-36(56)19-11-32)51(75)63-41(25-31-6-14-34(15-7-31)46(58)70)50(74)61-39(49(73)67-45)5-3-4-22-60-2/h6-21,29,38-45,60,68-69H,3-5,22-28,57H2,1-2H3,(H2,58,70)(H2,59,71)(H,61,74)(H,62,76)(H,63,75)(H,64,77)(H,65,72)(H,66,78)(H,67,73)/t29-,38+,39+,40?,41-,42+,43-,44+,45+/m1/s1. The number of hydrogen-bond donors (Lipinski definition) is 13. The number of nitrogens with one attached hydrogen (secondary N) is 8. The molecule has 80 heavy (non-hydrogen) atoms. The van der Waals surface area contributed by atoms with Crippen molar-refractivity contribution in [2.45, 2.75) is 106 Å². The zero-order chi connectivity index (χ0) is 58.5. The van der Waals surface area contributed by atoms with E-state index >= 15 is 0 Å². The summed E-state index contributed by atoms with van der Waals surface area (Å²) in [5.41, 5.74) is 19.9. The highest BCUT2D eigenvalue weighted by atomic mass is 35.5. The summed E-state index contributed by atoms with van der Waals surface area (Å²) in [6, 6.07) is 13.2. The fourth-order valence-electron chi connectivity index (χ4n) is 8.18. The van der Waals surface area contributed by atoms with Gasteiger partial charge in [-0.1, -0.05) is 93.3 Å². The molecule has 1 aliphatic rings. The maximum atomic E-state index is 14.8. The fourth-order valence-corrected chi connectivity index (χ4v) is 10.8. The van der Waals surface area contributed by atoms with E-state index in [1.165, 1.54) is 55.5 Å². The summed E-state index contributed by atoms with van der Waals surface area (Å²) in [5.74, 6) is -8.45. The minimum absolute atomic E-state index is 0.00151. The van der Waals surface area contributed by atoms with Gasteiger partial charge in [0.25, 0.3) is 0 Å². The van der Waals surface area contributed by atoms with E-state index in [0.29, 0.717) is 51.7 Å². The van der Waals surface area contributed by atoms with Crippen LogP contribution in [0.3, 0.4) is 0 Å². The van der Waals surface area contributed by atoms with E-state index in [2.05, 4.69) is 42.5 Å². The molecule has 22 nitrogen and oxygen atoms in total. The summed E-state index contributed by atoms with van der Waals surface area (Å²) in [5, 5.41) is 43.3. The van der Waals surface area contributed by atoms with E-state index in [0.717, 1.165) is 21.6 Å². The lowest BCUT2D eigenvalue weighted by Crippen LogP contribution is -2.62. The lowest BCUT2D eigenvalue weighted by molar-refractivity contribution is -0.136. The van der Waals surface area contributed by atoms with Crippen molar-refractivity contribution in [3.8, 4) is 5.75 Å². The Morgan fingerprint density at radius 1 is 0.650 bits per heavy atom. The zero-order valence-corrected chi connectivity index (χ0v) is 47.0. The summed E-state index contributed by atoms with van der Waals surface area (Å²) in [6.07, 6.45) is -1.17. The molecule has 1 heterocycles. The van der Waals surface area contributed by atoms with E-state index < -0.39 is 108 Å². The van der Waals surface area contributed by atoms with Crippen molar-refractivity contribution in [1.82, 2.24) is 42.5 Å². The molecule has 5 rings (SSSR count). The Bertz CT molecular complexity index is 2780. The van der Waals surface area contributed by atoms with Gasteiger partial charge in [-0.2, -0.15) is 0 Å². The van der Waals surface area contributed by atoms with Crippen molar-refractivity contribution in [3.63, 3.8) is 0 Å². The number of carbonyl (C=O) groups is 9. The Morgan fingerprint density at radius 3 is 1.70 bits per heavy atom. The van der Waals surface area contributed by atoms with Gasteiger partial charge in [-0.3, -0.25) is 43.2 Å². The SMILES string of the molecule is CNCCCC[C@@H]1NC(=O)[C@@H](Cc2ccc(C(N)=O)cc2)NC(=O)[C@H](Cc2ccc(Cl)cc2)NC(=O)[C@H](NC(=O)[C@@H](N)Cc2ccc(Cl)cc2)CSSC[C@@H](C(=O)NC(Cc2ccc(O)cc2)C(N)=O)NC(=O)[C@H]([C@@H](C)O)NC1=O. The number of halogens is 2. The molecular formula is C54H67Cl2N11O11S2. The molecular weight excluding hydrogens is 1110 g/mol. The molecule has 0 aromatic heterocycles. The number of rotatable bonds is 20. The third-order valence-corrected chi connectivity index (χ3v) is 15.6. The van der Waals surface area contributed by atoms with Gasteiger partial charge in [0.2, 0.25) is 53.2 Å². The van der Waals surface area contributed by atoms with Crippen molar-refractivity contribution in [1.29, 1.82) is 0 Å². The minimum atomic E-state index is -1.74. The molecule has 0 saturated carbocycles. The number of carbonyl (C=O) groups excluding carboxylic acids is 9. The number of aromatic hydroxyl groups is 1. The summed E-state index contributed by atoms with van der Waals surface area (Å²) in [4.78, 5) is 126. The van der Waals surface area contributed by atoms with E-state index in [9.17, 15) is 53.4 Å². The van der Waals surface area contributed by atoms with E-state index in [1.54, 1.807) is 55.6 Å². The lowest BCUT2D eigenvalue weighted by atomic mass is 10.00. The van der Waals surface area contributed by atoms with Crippen molar-refractivity contribution < 1.29 is 53.4 Å². The first-order valence-electron chi connectivity index (χ1n) is 25.5. The Hall–Kier alpha value is -6.93. The summed E-state index contributed by atoms with van der Waals surface area (Å²) < 4.78 is 0. The van der Waals surface area contributed by atoms with Crippen LogP contribution in [0.2, 0.25) is 10.0 Å². The highest BCUT2D eigenvalue weighted by Gasteiger charge is 2.36. The predicted molar refractivity (Wildman–Crippen MR) is 306 cm³/mol. The molecule has 0 spiro atoms. The number of nitrogens with two attached hydrogens (primary N) is 3. The molecule has 1 unspecified atom stereocenters. The summed E-state index contributed by atoms with van der Waals surface area (Å²) in [7, 11) is 3.67. The number of phenols is 1. The monoisotopic (exact) mass is 1180 g/mol. The molecule has 9 atom stereocenters. The van der Waals surface area contributed by atoms with Gasteiger partial charge in [-0.05, 0) is 117 Å². The summed E-state index contributed by atoms with van der Waals surface area (Å²) >= 11 is 12.3. The minimum Gasteiger partial charge on any atom is -0.508 e. The third kappa shape index (κ3) is 20.6. The maximum absolute atomic E-state index is 14.8. The highest BCUT2D eigenvalue weighted by molar-refractivity contribution is 8.76. The van der Waals surface area contributed by atoms with Crippen LogP contribution in [0.4, 0.5) is 0 Å². The molecule has 4 aromatic carbocycles. The first-order valence-corrected chi connectivity index (χ1v) is 28.7. The van der Waals surface area contributed by atoms with Gasteiger partial charge in [0.05, 0.1) is 12.1 Å². The maximum Gasteiger partial charge on any atom is 0.248 e. The molecule has 1 fully saturated rings. The van der Waals surface area contributed by atoms with Gasteiger partial charge < -0.3 is 69.9 Å². The molecule has 16 N–H and O–H groups in total. The van der Waals surface area contributed by atoms with E-state index in [4.69, 9.17) is 40.4 Å². The van der Waals surface area contributed by atoms with Crippen LogP contribution in [0.25, 0.3) is 0 Å². The molecule has 26 heteroatoms. The van der Waals surface area contributed by atoms with Gasteiger partial charge in [0, 0.05) is 46.4 Å². The topological polar surface area (TPSA) is 368 Å². The normalized spacial score (nSPS) is 20.9. The number of primary amides is 2. The van der Waals surface area contributed by atoms with Gasteiger partial charge in [-0.25, -0.2) is 0 Å². The highest BCUT2D eigenvalue weighted by Crippen LogP contribution is 2.24. The number of aliphatic hydroxyl groups excluding tert-OH is 1. The first kappa shape index (κ1) is 63.9. The number of benzene rings is 4. The fraction of sp³-hybridized carbons (Fsp3) is 0.389. The number of unbranched alkanes of at least 4 members (excludes halogenated alkanes) is 1. The molecule has 4 aromatic rings. The Kier molecular flexibility index (Phi) is 25.4. The zero-order valence-electron chi connectivity index (χ0n) is 43.9. The van der Waals surface area contributed by atoms with Gasteiger partial charge in [0.15, 0.2) is 0 Å². The van der Waals surface area contributed by atoms with Crippen LogP contribution in [0.15, 0.2) is 97.1 Å². The molecule has 1 aliphatic heterocycles. The van der Waals surface area contributed by atoms with Crippen LogP contribution in [0, 0.1) is 0 Å². The Labute approximate surface area is 480 Å². The lowest BCUT2D eigenvalue weighted by Gasteiger charge is -2.29. The summed E-state index contributed by atoms with van der Waals surface area (Å²) in [6.45, 7) is 1.76. The third-order valence-electron chi connectivity index (χ3n) is 12.7. The van der Waals surface area contributed by atoms with Crippen molar-refractivity contribution in [2.75, 3.05) is 25.1 Å². The Balaban J connectivity index is 1.58. The average molecular weight is 1180 g/mol. The van der Waals surface area contributed by atoms with E-state index in [-0.39, 0.29) is 54.9 Å². The quantitative estimate of drug-likeness (QED) is 0.0422. The van der Waals surface area contributed by atoms with Crippen molar-refractivity contribution in [3.05, 3.63) is 135 Å². The number of aliphatic hydroxyl groups is 1. The molecule has 0 bridgehead atoms. The first-order chi connectivity index (χ1) is 38.1. The number of hydrogen-bond acceptors (Lipinski definition) is 15. The average Bonchev–Trinajstić information content (AvgIpc) is 3.42. The van der Waals surface area contributed by atoms with Gasteiger partial charge in [-0.15, -0.1) is 0 Å². The molecule has 9 amide bonds. The van der Waals surface area contributed by atoms with Crippen LogP contribution >= 0.6 is 44.8 Å². The molecule has 430 valence electrons. The van der Waals surface area contributed by atoms with Crippen LogP contribution in [-0.4, -0.2) is 143 Å². The molecule has 1 saturated heterocycles. The largest absolute Gasteiger partial charge is 0.508 e. The molecule has 0 radical (unpaired) electrons.